The lowest BCUT2D eigenvalue weighted by Crippen LogP contribution is -2.44. The van der Waals surface area contributed by atoms with E-state index in [9.17, 15) is 9.59 Å². The normalized spacial score (nSPS) is 26.7. The second kappa shape index (κ2) is 6.86. The Kier molecular flexibility index (Phi) is 4.29. The van der Waals surface area contributed by atoms with Crippen LogP contribution in [-0.2, 0) is 9.59 Å². The molecule has 3 fully saturated rings. The molecule has 0 bridgehead atoms. The van der Waals surface area contributed by atoms with E-state index in [1.165, 1.54) is 4.90 Å². The Balaban J connectivity index is 1.55. The van der Waals surface area contributed by atoms with E-state index in [-0.39, 0.29) is 17.9 Å². The van der Waals surface area contributed by atoms with Gasteiger partial charge in [-0.25, -0.2) is 14.9 Å². The van der Waals surface area contributed by atoms with Gasteiger partial charge in [-0.05, 0) is 36.2 Å². The Morgan fingerprint density at radius 1 is 0.828 bits per heavy atom. The number of methoxy groups -OCH3 is 2. The first-order valence-electron chi connectivity index (χ1n) is 9.83. The highest BCUT2D eigenvalue weighted by atomic mass is 16.5. The molecule has 0 saturated carbocycles. The van der Waals surface area contributed by atoms with E-state index >= 15 is 0 Å². The van der Waals surface area contributed by atoms with Crippen LogP contribution < -0.4 is 14.4 Å². The van der Waals surface area contributed by atoms with E-state index in [0.29, 0.717) is 11.4 Å². The minimum atomic E-state index is -0.455. The summed E-state index contributed by atoms with van der Waals surface area (Å²) in [4.78, 5) is 28.3. The van der Waals surface area contributed by atoms with Crippen LogP contribution >= 0.6 is 0 Å². The quantitative estimate of drug-likeness (QED) is 0.743. The molecule has 7 nitrogen and oxygen atoms in total. The number of benzene rings is 2. The summed E-state index contributed by atoms with van der Waals surface area (Å²) in [5.74, 6) is 0.658. The molecule has 2 aromatic carbocycles. The monoisotopic (exact) mass is 393 g/mol. The molecule has 3 aliphatic heterocycles. The summed E-state index contributed by atoms with van der Waals surface area (Å²) in [6.07, 6.45) is 0.983. The van der Waals surface area contributed by atoms with Crippen molar-refractivity contribution in [2.75, 3.05) is 32.2 Å². The Bertz CT molecular complexity index is 961. The number of fused-ring (bicyclic) bond motifs is 3. The van der Waals surface area contributed by atoms with E-state index in [1.807, 2.05) is 24.3 Å². The fourth-order valence-corrected chi connectivity index (χ4v) is 4.92. The second-order valence-electron chi connectivity index (χ2n) is 7.58. The van der Waals surface area contributed by atoms with Gasteiger partial charge in [0.05, 0.1) is 31.9 Å². The van der Waals surface area contributed by atoms with Crippen LogP contribution in [0.3, 0.4) is 0 Å². The fraction of sp³-hybridized carbons (Fsp3) is 0.364. The highest BCUT2D eigenvalue weighted by molar-refractivity contribution is 6.24. The Hall–Kier alpha value is -2.90. The topological polar surface area (TPSA) is 62.3 Å². The predicted octanol–water partition coefficient (Wildman–Crippen LogP) is 2.24. The SMILES string of the molecule is COc1ccc([C@@H]2[C@@H]3C(=O)N(c4cccc(OC)c4)C(=O)[C@H]3N3CCCN23)cc1. The number of ether oxygens (including phenoxy) is 2. The summed E-state index contributed by atoms with van der Waals surface area (Å²) >= 11 is 0. The lowest BCUT2D eigenvalue weighted by molar-refractivity contribution is -0.126. The van der Waals surface area contributed by atoms with Gasteiger partial charge in [0.2, 0.25) is 5.91 Å². The summed E-state index contributed by atoms with van der Waals surface area (Å²) in [5.41, 5.74) is 1.59. The summed E-state index contributed by atoms with van der Waals surface area (Å²) in [7, 11) is 3.21. The molecule has 0 unspecified atom stereocenters. The zero-order chi connectivity index (χ0) is 20.1. The molecular formula is C22H23N3O4. The van der Waals surface area contributed by atoms with Crippen LogP contribution in [0.5, 0.6) is 11.5 Å². The molecule has 3 atom stereocenters. The fourth-order valence-electron chi connectivity index (χ4n) is 4.92. The number of anilines is 1. The number of hydrogen-bond donors (Lipinski definition) is 0. The molecule has 0 aliphatic carbocycles. The van der Waals surface area contributed by atoms with Gasteiger partial charge in [0, 0.05) is 19.2 Å². The molecule has 0 aromatic heterocycles. The molecule has 7 heteroatoms. The average Bonchev–Trinajstić information content (AvgIpc) is 3.40. The molecule has 3 saturated heterocycles. The first kappa shape index (κ1) is 18.1. The lowest BCUT2D eigenvalue weighted by Gasteiger charge is -2.29. The molecule has 3 heterocycles. The van der Waals surface area contributed by atoms with Crippen LogP contribution in [0.15, 0.2) is 48.5 Å². The van der Waals surface area contributed by atoms with Crippen molar-refractivity contribution < 1.29 is 19.1 Å². The van der Waals surface area contributed by atoms with Crippen LogP contribution in [0.1, 0.15) is 18.0 Å². The minimum absolute atomic E-state index is 0.150. The van der Waals surface area contributed by atoms with Gasteiger partial charge >= 0.3 is 0 Å². The third-order valence-corrected chi connectivity index (χ3v) is 6.17. The zero-order valence-corrected chi connectivity index (χ0v) is 16.4. The maximum atomic E-state index is 13.5. The Labute approximate surface area is 169 Å². The minimum Gasteiger partial charge on any atom is -0.497 e. The third-order valence-electron chi connectivity index (χ3n) is 6.17. The largest absolute Gasteiger partial charge is 0.497 e. The van der Waals surface area contributed by atoms with Gasteiger partial charge in [-0.2, -0.15) is 0 Å². The van der Waals surface area contributed by atoms with Crippen molar-refractivity contribution in [2.45, 2.75) is 18.5 Å². The van der Waals surface area contributed by atoms with Crippen LogP contribution in [0.25, 0.3) is 0 Å². The number of imide groups is 1. The van der Waals surface area contributed by atoms with Crippen LogP contribution in [0, 0.1) is 5.92 Å². The average molecular weight is 393 g/mol. The second-order valence-corrected chi connectivity index (χ2v) is 7.58. The van der Waals surface area contributed by atoms with Crippen molar-refractivity contribution in [1.82, 2.24) is 10.0 Å². The van der Waals surface area contributed by atoms with Crippen molar-refractivity contribution in [3.8, 4) is 11.5 Å². The molecule has 3 aliphatic rings. The number of rotatable bonds is 4. The van der Waals surface area contributed by atoms with Crippen molar-refractivity contribution >= 4 is 17.5 Å². The van der Waals surface area contributed by atoms with Gasteiger partial charge in [0.1, 0.15) is 17.5 Å². The third kappa shape index (κ3) is 2.65. The molecule has 2 amide bonds. The van der Waals surface area contributed by atoms with Crippen molar-refractivity contribution in [3.05, 3.63) is 54.1 Å². The van der Waals surface area contributed by atoms with Crippen molar-refractivity contribution in [3.63, 3.8) is 0 Å². The number of hydrazine groups is 1. The van der Waals surface area contributed by atoms with Gasteiger partial charge in [-0.1, -0.05) is 18.2 Å². The Morgan fingerprint density at radius 2 is 1.52 bits per heavy atom. The lowest BCUT2D eigenvalue weighted by atomic mass is 9.90. The number of carbonyl (C=O) groups excluding carboxylic acids is 2. The first-order chi connectivity index (χ1) is 14.1. The maximum Gasteiger partial charge on any atom is 0.253 e. The Morgan fingerprint density at radius 3 is 2.21 bits per heavy atom. The zero-order valence-electron chi connectivity index (χ0n) is 16.4. The van der Waals surface area contributed by atoms with Gasteiger partial charge in [0.25, 0.3) is 5.91 Å². The summed E-state index contributed by atoms with van der Waals surface area (Å²) in [5, 5.41) is 4.30. The van der Waals surface area contributed by atoms with Gasteiger partial charge < -0.3 is 9.47 Å². The number of hydrogen-bond acceptors (Lipinski definition) is 6. The summed E-state index contributed by atoms with van der Waals surface area (Å²) in [6, 6.07) is 14.3. The van der Waals surface area contributed by atoms with Crippen LogP contribution in [-0.4, -0.2) is 55.2 Å². The predicted molar refractivity (Wildman–Crippen MR) is 107 cm³/mol. The molecule has 2 aromatic rings. The molecule has 0 N–H and O–H groups in total. The van der Waals surface area contributed by atoms with E-state index in [1.54, 1.807) is 38.5 Å². The number of carbonyl (C=O) groups is 2. The molecule has 5 rings (SSSR count). The van der Waals surface area contributed by atoms with E-state index in [4.69, 9.17) is 9.47 Å². The number of amides is 2. The summed E-state index contributed by atoms with van der Waals surface area (Å²) in [6.45, 7) is 1.64. The highest BCUT2D eigenvalue weighted by Crippen LogP contribution is 2.49. The molecule has 0 spiro atoms. The standard InChI is InChI=1S/C22H23N3O4/c1-28-16-9-7-14(8-10-16)19-18-20(24-12-4-11-23(19)24)22(27)25(21(18)26)15-5-3-6-17(13-15)29-2/h3,5-10,13,18-20H,4,11-12H2,1-2H3/t18-,19+,20-/m0/s1. The van der Waals surface area contributed by atoms with Crippen LogP contribution in [0.4, 0.5) is 5.69 Å². The molecule has 29 heavy (non-hydrogen) atoms. The number of nitrogens with zero attached hydrogens (tertiary/aromatic N) is 3. The van der Waals surface area contributed by atoms with Crippen LogP contribution in [0.2, 0.25) is 0 Å². The first-order valence-corrected chi connectivity index (χ1v) is 9.83. The van der Waals surface area contributed by atoms with Gasteiger partial charge in [-0.3, -0.25) is 9.59 Å². The summed E-state index contributed by atoms with van der Waals surface area (Å²) < 4.78 is 10.6. The van der Waals surface area contributed by atoms with Gasteiger partial charge in [-0.15, -0.1) is 0 Å². The van der Waals surface area contributed by atoms with Crippen molar-refractivity contribution in [2.24, 2.45) is 5.92 Å². The van der Waals surface area contributed by atoms with E-state index in [0.717, 1.165) is 30.8 Å². The maximum absolute atomic E-state index is 13.5. The smallest absolute Gasteiger partial charge is 0.253 e. The highest BCUT2D eigenvalue weighted by Gasteiger charge is 2.62. The van der Waals surface area contributed by atoms with Crippen molar-refractivity contribution in [1.29, 1.82) is 0 Å². The van der Waals surface area contributed by atoms with E-state index in [2.05, 4.69) is 10.0 Å². The molecular weight excluding hydrogens is 370 g/mol. The van der Waals surface area contributed by atoms with E-state index < -0.39 is 12.0 Å². The molecule has 0 radical (unpaired) electrons. The van der Waals surface area contributed by atoms with Gasteiger partial charge in [0.15, 0.2) is 0 Å². The molecule has 150 valence electrons.